The van der Waals surface area contributed by atoms with Crippen LogP contribution in [0.15, 0.2) is 18.2 Å². The molecule has 1 aliphatic carbocycles. The molecule has 0 radical (unpaired) electrons. The molecule has 0 bridgehead atoms. The van der Waals surface area contributed by atoms with Crippen molar-refractivity contribution in [2.45, 2.75) is 53.1 Å². The molecule has 0 amide bonds. The van der Waals surface area contributed by atoms with E-state index in [4.69, 9.17) is 4.74 Å². The number of hydrogen-bond donors (Lipinski definition) is 0. The van der Waals surface area contributed by atoms with E-state index in [0.717, 1.165) is 17.7 Å². The summed E-state index contributed by atoms with van der Waals surface area (Å²) in [5.74, 6) is 2.69. The lowest BCUT2D eigenvalue weighted by atomic mass is 9.75. The van der Waals surface area contributed by atoms with Crippen LogP contribution in [0.1, 0.15) is 51.2 Å². The molecule has 0 aliphatic heterocycles. The van der Waals surface area contributed by atoms with Crippen LogP contribution in [0.3, 0.4) is 0 Å². The molecular weight excluding hydrogens is 246 g/mol. The Morgan fingerprint density at radius 1 is 1.30 bits per heavy atom. The van der Waals surface area contributed by atoms with Crippen LogP contribution in [-0.2, 0) is 0 Å². The van der Waals surface area contributed by atoms with Crippen molar-refractivity contribution in [2.75, 3.05) is 0 Å². The maximum atomic E-state index is 9.27. The minimum absolute atomic E-state index is 0.244. The Kier molecular flexibility index (Phi) is 4.70. The first-order valence-corrected chi connectivity index (χ1v) is 7.68. The maximum absolute atomic E-state index is 9.27. The molecule has 2 heteroatoms. The Labute approximate surface area is 122 Å². The van der Waals surface area contributed by atoms with Gasteiger partial charge in [0, 0.05) is 0 Å². The molecule has 3 atom stereocenters. The van der Waals surface area contributed by atoms with Crippen LogP contribution in [0.2, 0.25) is 0 Å². The van der Waals surface area contributed by atoms with E-state index in [0.29, 0.717) is 23.3 Å². The summed E-state index contributed by atoms with van der Waals surface area (Å²) in [6.07, 6.45) is 3.87. The highest BCUT2D eigenvalue weighted by atomic mass is 16.5. The van der Waals surface area contributed by atoms with Crippen molar-refractivity contribution in [1.82, 2.24) is 0 Å². The molecular formula is C18H25NO. The second-order valence-corrected chi connectivity index (χ2v) is 6.59. The molecule has 1 aliphatic rings. The van der Waals surface area contributed by atoms with Gasteiger partial charge in [-0.1, -0.05) is 33.3 Å². The van der Waals surface area contributed by atoms with Crippen molar-refractivity contribution in [3.63, 3.8) is 0 Å². The van der Waals surface area contributed by atoms with Crippen molar-refractivity contribution in [3.05, 3.63) is 29.3 Å². The number of nitrogens with zero attached hydrogens (tertiary/aromatic N) is 1. The molecule has 1 aromatic carbocycles. The second kappa shape index (κ2) is 6.31. The quantitative estimate of drug-likeness (QED) is 0.798. The minimum atomic E-state index is 0.244. The number of aryl methyl sites for hydroxylation is 1. The van der Waals surface area contributed by atoms with E-state index in [9.17, 15) is 5.26 Å². The molecule has 0 heterocycles. The van der Waals surface area contributed by atoms with Crippen molar-refractivity contribution in [1.29, 1.82) is 5.26 Å². The third-order valence-electron chi connectivity index (χ3n) is 4.50. The van der Waals surface area contributed by atoms with Crippen LogP contribution >= 0.6 is 0 Å². The van der Waals surface area contributed by atoms with Gasteiger partial charge in [-0.2, -0.15) is 5.26 Å². The topological polar surface area (TPSA) is 33.0 Å². The Bertz CT molecular complexity index is 501. The van der Waals surface area contributed by atoms with Gasteiger partial charge < -0.3 is 4.74 Å². The fourth-order valence-corrected chi connectivity index (χ4v) is 3.25. The summed E-state index contributed by atoms with van der Waals surface area (Å²) in [5, 5.41) is 9.27. The molecule has 1 saturated carbocycles. The summed E-state index contributed by atoms with van der Waals surface area (Å²) in [5.41, 5.74) is 1.76. The molecule has 1 aromatic rings. The summed E-state index contributed by atoms with van der Waals surface area (Å²) < 4.78 is 6.25. The number of benzene rings is 1. The van der Waals surface area contributed by atoms with Gasteiger partial charge in [-0.3, -0.25) is 0 Å². The molecule has 108 valence electrons. The molecule has 0 aromatic heterocycles. The largest absolute Gasteiger partial charge is 0.489 e. The van der Waals surface area contributed by atoms with Crippen molar-refractivity contribution in [2.24, 2.45) is 17.8 Å². The van der Waals surface area contributed by atoms with Crippen LogP contribution in [0, 0.1) is 36.0 Å². The fourth-order valence-electron chi connectivity index (χ4n) is 3.25. The van der Waals surface area contributed by atoms with Gasteiger partial charge in [0.2, 0.25) is 0 Å². The Morgan fingerprint density at radius 2 is 2.05 bits per heavy atom. The monoisotopic (exact) mass is 271 g/mol. The van der Waals surface area contributed by atoms with E-state index in [1.54, 1.807) is 0 Å². The zero-order valence-corrected chi connectivity index (χ0v) is 13.0. The zero-order chi connectivity index (χ0) is 14.7. The average molecular weight is 271 g/mol. The van der Waals surface area contributed by atoms with E-state index in [-0.39, 0.29) is 6.10 Å². The van der Waals surface area contributed by atoms with Gasteiger partial charge in [0.25, 0.3) is 0 Å². The number of rotatable bonds is 3. The highest BCUT2D eigenvalue weighted by molar-refractivity contribution is 5.45. The van der Waals surface area contributed by atoms with E-state index in [2.05, 4.69) is 26.8 Å². The van der Waals surface area contributed by atoms with E-state index >= 15 is 0 Å². The fraction of sp³-hybridized carbons (Fsp3) is 0.611. The first-order valence-electron chi connectivity index (χ1n) is 7.68. The number of hydrogen-bond acceptors (Lipinski definition) is 2. The Balaban J connectivity index is 2.20. The molecule has 2 nitrogen and oxygen atoms in total. The first kappa shape index (κ1) is 14.9. The SMILES string of the molecule is Cc1ccc(OC2CC(C)CCC2C(C)C)c(C#N)c1. The number of nitriles is 1. The third-order valence-corrected chi connectivity index (χ3v) is 4.50. The van der Waals surface area contributed by atoms with Crippen molar-refractivity contribution in [3.8, 4) is 11.8 Å². The molecule has 0 spiro atoms. The molecule has 2 rings (SSSR count). The predicted octanol–water partition coefficient (Wildman–Crippen LogP) is 4.71. The van der Waals surface area contributed by atoms with Crippen molar-refractivity contribution < 1.29 is 4.74 Å². The molecule has 3 unspecified atom stereocenters. The van der Waals surface area contributed by atoms with Crippen LogP contribution in [-0.4, -0.2) is 6.10 Å². The summed E-state index contributed by atoms with van der Waals surface area (Å²) >= 11 is 0. The van der Waals surface area contributed by atoms with Gasteiger partial charge in [0.05, 0.1) is 5.56 Å². The highest BCUT2D eigenvalue weighted by Crippen LogP contribution is 2.36. The van der Waals surface area contributed by atoms with Gasteiger partial charge in [-0.05, 0) is 55.2 Å². The third kappa shape index (κ3) is 3.33. The second-order valence-electron chi connectivity index (χ2n) is 6.59. The van der Waals surface area contributed by atoms with Gasteiger partial charge in [-0.15, -0.1) is 0 Å². The minimum Gasteiger partial charge on any atom is -0.489 e. The average Bonchev–Trinajstić information content (AvgIpc) is 2.40. The van der Waals surface area contributed by atoms with E-state index in [1.807, 2.05) is 25.1 Å². The van der Waals surface area contributed by atoms with E-state index < -0.39 is 0 Å². The van der Waals surface area contributed by atoms with Gasteiger partial charge >= 0.3 is 0 Å². The number of ether oxygens (including phenoxy) is 1. The summed E-state index contributed by atoms with van der Waals surface area (Å²) in [7, 11) is 0. The Hall–Kier alpha value is -1.49. The van der Waals surface area contributed by atoms with Crippen LogP contribution in [0.4, 0.5) is 0 Å². The summed E-state index contributed by atoms with van der Waals surface area (Å²) in [4.78, 5) is 0. The first-order chi connectivity index (χ1) is 9.51. The van der Waals surface area contributed by atoms with Gasteiger partial charge in [-0.25, -0.2) is 0 Å². The molecule has 20 heavy (non-hydrogen) atoms. The normalized spacial score (nSPS) is 26.3. The van der Waals surface area contributed by atoms with Crippen LogP contribution in [0.5, 0.6) is 5.75 Å². The van der Waals surface area contributed by atoms with Gasteiger partial charge in [0.1, 0.15) is 17.9 Å². The maximum Gasteiger partial charge on any atom is 0.137 e. The summed E-state index contributed by atoms with van der Waals surface area (Å²) in [6, 6.07) is 8.13. The highest BCUT2D eigenvalue weighted by Gasteiger charge is 2.32. The van der Waals surface area contributed by atoms with Crippen molar-refractivity contribution >= 4 is 0 Å². The standard InChI is InChI=1S/C18H25NO/c1-12(2)16-7-5-14(4)10-18(16)20-17-8-6-13(3)9-15(17)11-19/h6,8-9,12,14,16,18H,5,7,10H2,1-4H3. The lowest BCUT2D eigenvalue weighted by Gasteiger charge is -2.37. The Morgan fingerprint density at radius 3 is 2.70 bits per heavy atom. The molecule has 0 N–H and O–H groups in total. The van der Waals surface area contributed by atoms with Gasteiger partial charge in [0.15, 0.2) is 0 Å². The molecule has 1 fully saturated rings. The zero-order valence-electron chi connectivity index (χ0n) is 13.0. The van der Waals surface area contributed by atoms with E-state index in [1.165, 1.54) is 12.8 Å². The van der Waals surface area contributed by atoms with Crippen LogP contribution < -0.4 is 4.74 Å². The summed E-state index contributed by atoms with van der Waals surface area (Å²) in [6.45, 7) is 8.85. The smallest absolute Gasteiger partial charge is 0.137 e. The predicted molar refractivity (Wildman–Crippen MR) is 81.7 cm³/mol. The lowest BCUT2D eigenvalue weighted by Crippen LogP contribution is -2.36. The molecule has 0 saturated heterocycles. The lowest BCUT2D eigenvalue weighted by molar-refractivity contribution is 0.0458. The van der Waals surface area contributed by atoms with Crippen LogP contribution in [0.25, 0.3) is 0 Å².